The zero-order valence-corrected chi connectivity index (χ0v) is 13.5. The molecule has 0 aromatic heterocycles. The Labute approximate surface area is 118 Å². The highest BCUT2D eigenvalue weighted by atomic mass is 79.9. The third-order valence-electron chi connectivity index (χ3n) is 2.90. The first-order valence-electron chi connectivity index (χ1n) is 6.10. The summed E-state index contributed by atoms with van der Waals surface area (Å²) >= 11 is 5.38. The largest absolute Gasteiger partial charge is 0.311 e. The van der Waals surface area contributed by atoms with E-state index in [0.717, 1.165) is 17.4 Å². The van der Waals surface area contributed by atoms with E-state index in [-0.39, 0.29) is 5.54 Å². The Bertz CT molecular complexity index is 335. The van der Waals surface area contributed by atoms with Crippen LogP contribution in [-0.4, -0.2) is 17.3 Å². The molecule has 0 aliphatic heterocycles. The first-order valence-corrected chi connectivity index (χ1v) is 7.77. The maximum absolute atomic E-state index is 3.61. The van der Waals surface area contributed by atoms with Gasteiger partial charge in [-0.2, -0.15) is 0 Å². The van der Waals surface area contributed by atoms with Gasteiger partial charge in [-0.3, -0.25) is 0 Å². The van der Waals surface area contributed by atoms with E-state index in [1.165, 1.54) is 4.90 Å². The quantitative estimate of drug-likeness (QED) is 0.763. The number of hydrogen-bond acceptors (Lipinski definition) is 2. The number of nitrogens with one attached hydrogen (secondary N) is 1. The van der Waals surface area contributed by atoms with Crippen LogP contribution in [0.15, 0.2) is 33.6 Å². The molecule has 1 aromatic carbocycles. The molecular weight excluding hydrogens is 294 g/mol. The lowest BCUT2D eigenvalue weighted by atomic mass is 10.0. The summed E-state index contributed by atoms with van der Waals surface area (Å²) in [6, 6.07) is 8.52. The van der Waals surface area contributed by atoms with Crippen molar-refractivity contribution in [2.45, 2.75) is 49.8 Å². The Morgan fingerprint density at radius 3 is 2.41 bits per heavy atom. The normalized spacial score (nSPS) is 13.7. The molecule has 1 atom stereocenters. The maximum atomic E-state index is 3.61. The lowest BCUT2D eigenvalue weighted by Gasteiger charge is -2.26. The van der Waals surface area contributed by atoms with Crippen LogP contribution in [0.2, 0.25) is 0 Å². The summed E-state index contributed by atoms with van der Waals surface area (Å²) in [5.41, 5.74) is 0.245. The second kappa shape index (κ2) is 6.81. The van der Waals surface area contributed by atoms with Crippen molar-refractivity contribution in [3.05, 3.63) is 28.7 Å². The molecule has 1 N–H and O–H groups in total. The number of thioether (sulfide) groups is 1. The third kappa shape index (κ3) is 5.94. The molecule has 0 bridgehead atoms. The Balaban J connectivity index is 2.39. The first-order chi connectivity index (χ1) is 7.93. The van der Waals surface area contributed by atoms with Crippen LogP contribution in [0.1, 0.15) is 34.1 Å². The Morgan fingerprint density at radius 2 is 1.88 bits per heavy atom. The van der Waals surface area contributed by atoms with Crippen molar-refractivity contribution >= 4 is 27.7 Å². The van der Waals surface area contributed by atoms with Gasteiger partial charge in [0.2, 0.25) is 0 Å². The summed E-state index contributed by atoms with van der Waals surface area (Å²) in [7, 11) is 0. The van der Waals surface area contributed by atoms with Gasteiger partial charge < -0.3 is 5.32 Å². The highest BCUT2D eigenvalue weighted by Gasteiger charge is 2.15. The predicted octanol–water partition coefficient (Wildman–Crippen LogP) is 4.71. The molecule has 1 unspecified atom stereocenters. The highest BCUT2D eigenvalue weighted by Crippen LogP contribution is 2.24. The van der Waals surface area contributed by atoms with E-state index in [1.54, 1.807) is 0 Å². The van der Waals surface area contributed by atoms with Gasteiger partial charge in [-0.05, 0) is 44.5 Å². The van der Waals surface area contributed by atoms with Crippen molar-refractivity contribution in [1.82, 2.24) is 5.32 Å². The van der Waals surface area contributed by atoms with Gasteiger partial charge in [-0.15, -0.1) is 11.8 Å². The molecule has 0 aliphatic carbocycles. The highest BCUT2D eigenvalue weighted by molar-refractivity contribution is 9.10. The van der Waals surface area contributed by atoms with Crippen LogP contribution in [0.4, 0.5) is 0 Å². The van der Waals surface area contributed by atoms with Crippen LogP contribution in [0.3, 0.4) is 0 Å². The zero-order chi connectivity index (χ0) is 12.9. The van der Waals surface area contributed by atoms with Gasteiger partial charge in [0.05, 0.1) is 0 Å². The molecule has 0 saturated heterocycles. The van der Waals surface area contributed by atoms with Gasteiger partial charge >= 0.3 is 0 Å². The number of benzene rings is 1. The fourth-order valence-corrected chi connectivity index (χ4v) is 2.52. The Morgan fingerprint density at radius 1 is 1.29 bits per heavy atom. The van der Waals surface area contributed by atoms with Gasteiger partial charge in [0.15, 0.2) is 0 Å². The zero-order valence-electron chi connectivity index (χ0n) is 11.1. The molecule has 96 valence electrons. The number of halogens is 1. The number of hydrogen-bond donors (Lipinski definition) is 1. The van der Waals surface area contributed by atoms with E-state index in [0.29, 0.717) is 5.25 Å². The van der Waals surface area contributed by atoms with Gasteiger partial charge in [-0.25, -0.2) is 0 Å². The summed E-state index contributed by atoms with van der Waals surface area (Å²) < 4.78 is 1.14. The minimum Gasteiger partial charge on any atom is -0.311 e. The average molecular weight is 316 g/mol. The van der Waals surface area contributed by atoms with Gasteiger partial charge in [0.25, 0.3) is 0 Å². The molecular formula is C14H22BrNS. The van der Waals surface area contributed by atoms with Crippen LogP contribution in [0.5, 0.6) is 0 Å². The molecule has 0 aliphatic rings. The average Bonchev–Trinajstić information content (AvgIpc) is 2.30. The molecule has 0 amide bonds. The van der Waals surface area contributed by atoms with E-state index < -0.39 is 0 Å². The maximum Gasteiger partial charge on any atom is 0.0191 e. The SMILES string of the molecule is CCC(C)(C)NCC(C)Sc1ccc(Br)cc1. The third-order valence-corrected chi connectivity index (χ3v) is 4.54. The summed E-state index contributed by atoms with van der Waals surface area (Å²) in [6.45, 7) is 10.0. The van der Waals surface area contributed by atoms with Crippen LogP contribution < -0.4 is 5.32 Å². The topological polar surface area (TPSA) is 12.0 Å². The minimum absolute atomic E-state index is 0.245. The molecule has 1 nitrogen and oxygen atoms in total. The molecule has 1 rings (SSSR count). The molecule has 0 saturated carbocycles. The Kier molecular flexibility index (Phi) is 6.04. The van der Waals surface area contributed by atoms with Crippen LogP contribution in [0, 0.1) is 0 Å². The second-order valence-electron chi connectivity index (χ2n) is 5.00. The monoisotopic (exact) mass is 315 g/mol. The summed E-state index contributed by atoms with van der Waals surface area (Å²) in [5.74, 6) is 0. The molecule has 17 heavy (non-hydrogen) atoms. The van der Waals surface area contributed by atoms with Crippen LogP contribution in [-0.2, 0) is 0 Å². The molecule has 3 heteroatoms. The van der Waals surface area contributed by atoms with Gasteiger partial charge in [0.1, 0.15) is 0 Å². The van der Waals surface area contributed by atoms with Gasteiger partial charge in [-0.1, -0.05) is 29.8 Å². The van der Waals surface area contributed by atoms with Crippen molar-refractivity contribution < 1.29 is 0 Å². The van der Waals surface area contributed by atoms with E-state index in [4.69, 9.17) is 0 Å². The lowest BCUT2D eigenvalue weighted by Crippen LogP contribution is -2.41. The first kappa shape index (κ1) is 15.1. The van der Waals surface area contributed by atoms with E-state index in [1.807, 2.05) is 11.8 Å². The number of rotatable bonds is 6. The summed E-state index contributed by atoms with van der Waals surface area (Å²) in [6.07, 6.45) is 1.16. The fourth-order valence-electron chi connectivity index (χ4n) is 1.33. The minimum atomic E-state index is 0.245. The van der Waals surface area contributed by atoms with E-state index >= 15 is 0 Å². The van der Waals surface area contributed by atoms with Crippen molar-refractivity contribution in [2.75, 3.05) is 6.54 Å². The smallest absolute Gasteiger partial charge is 0.0191 e. The lowest BCUT2D eigenvalue weighted by molar-refractivity contribution is 0.379. The molecule has 0 heterocycles. The second-order valence-corrected chi connectivity index (χ2v) is 7.43. The fraction of sp³-hybridized carbons (Fsp3) is 0.571. The molecule has 1 aromatic rings. The standard InChI is InChI=1S/C14H22BrNS/c1-5-14(3,4)16-10-11(2)17-13-8-6-12(15)7-9-13/h6-9,11,16H,5,10H2,1-4H3. The van der Waals surface area contributed by atoms with Crippen molar-refractivity contribution in [2.24, 2.45) is 0 Å². The van der Waals surface area contributed by atoms with Crippen molar-refractivity contribution in [3.63, 3.8) is 0 Å². The van der Waals surface area contributed by atoms with E-state index in [2.05, 4.69) is 73.2 Å². The van der Waals surface area contributed by atoms with Crippen molar-refractivity contribution in [3.8, 4) is 0 Å². The van der Waals surface area contributed by atoms with E-state index in [9.17, 15) is 0 Å². The molecule has 0 fully saturated rings. The summed E-state index contributed by atoms with van der Waals surface area (Å²) in [4.78, 5) is 1.33. The van der Waals surface area contributed by atoms with Crippen LogP contribution >= 0.6 is 27.7 Å². The van der Waals surface area contributed by atoms with Crippen molar-refractivity contribution in [1.29, 1.82) is 0 Å². The predicted molar refractivity (Wildman–Crippen MR) is 81.8 cm³/mol. The molecule has 0 radical (unpaired) electrons. The van der Waals surface area contributed by atoms with Crippen LogP contribution in [0.25, 0.3) is 0 Å². The molecule has 0 spiro atoms. The summed E-state index contributed by atoms with van der Waals surface area (Å²) in [5, 5.41) is 4.20. The Hall–Kier alpha value is 0.01000. The van der Waals surface area contributed by atoms with Gasteiger partial charge in [0, 0.05) is 26.7 Å².